The molecule has 0 heterocycles. The van der Waals surface area contributed by atoms with Crippen LogP contribution in [0.3, 0.4) is 0 Å². The van der Waals surface area contributed by atoms with E-state index in [1.807, 2.05) is 24.3 Å². The Morgan fingerprint density at radius 2 is 1.74 bits per heavy atom. The smallest absolute Gasteiger partial charge is 0.248 e. The predicted molar refractivity (Wildman–Crippen MR) is 109 cm³/mol. The van der Waals surface area contributed by atoms with E-state index in [1.165, 1.54) is 22.6 Å². The van der Waals surface area contributed by atoms with Gasteiger partial charge in [0.2, 0.25) is 5.91 Å². The molecule has 1 amide bonds. The molecular weight excluding hydrogens is 338 g/mol. The molecule has 136 valence electrons. The van der Waals surface area contributed by atoms with E-state index >= 15 is 0 Å². The van der Waals surface area contributed by atoms with Crippen molar-refractivity contribution in [2.45, 2.75) is 12.8 Å². The fourth-order valence-electron chi connectivity index (χ4n) is 3.66. The van der Waals surface area contributed by atoms with Crippen molar-refractivity contribution in [1.29, 1.82) is 0 Å². The first-order chi connectivity index (χ1) is 13.2. The average molecular weight is 359 g/mol. The largest absolute Gasteiger partial charge is 0.493 e. The molecule has 0 fully saturated rings. The second-order valence-corrected chi connectivity index (χ2v) is 6.55. The fraction of sp³-hybridized carbons (Fsp3) is 0.174. The Kier molecular flexibility index (Phi) is 4.55. The van der Waals surface area contributed by atoms with E-state index in [9.17, 15) is 4.79 Å². The predicted octanol–water partition coefficient (Wildman–Crippen LogP) is 4.61. The van der Waals surface area contributed by atoms with Gasteiger partial charge in [-0.05, 0) is 59.2 Å². The van der Waals surface area contributed by atoms with Gasteiger partial charge >= 0.3 is 0 Å². The highest BCUT2D eigenvalue weighted by Gasteiger charge is 2.16. The molecule has 0 unspecified atom stereocenters. The van der Waals surface area contributed by atoms with Gasteiger partial charge in [0.15, 0.2) is 11.5 Å². The zero-order valence-electron chi connectivity index (χ0n) is 15.4. The van der Waals surface area contributed by atoms with Gasteiger partial charge in [-0.15, -0.1) is 0 Å². The molecule has 0 radical (unpaired) electrons. The van der Waals surface area contributed by atoms with E-state index in [2.05, 4.69) is 29.6 Å². The number of hydrogen-bond donors (Lipinski definition) is 1. The van der Waals surface area contributed by atoms with Crippen LogP contribution in [0.15, 0.2) is 54.6 Å². The summed E-state index contributed by atoms with van der Waals surface area (Å²) in [5.74, 6) is 1.13. The summed E-state index contributed by atoms with van der Waals surface area (Å²) in [5, 5.41) is 5.40. The molecule has 3 aromatic carbocycles. The first-order valence-electron chi connectivity index (χ1n) is 8.94. The quantitative estimate of drug-likeness (QED) is 0.677. The summed E-state index contributed by atoms with van der Waals surface area (Å²) in [6.07, 6.45) is 5.44. The molecule has 4 nitrogen and oxygen atoms in total. The number of carbonyl (C=O) groups is 1. The van der Waals surface area contributed by atoms with Gasteiger partial charge in [-0.2, -0.15) is 0 Å². The van der Waals surface area contributed by atoms with Crippen LogP contribution >= 0.6 is 0 Å². The van der Waals surface area contributed by atoms with Crippen LogP contribution in [-0.4, -0.2) is 20.1 Å². The van der Waals surface area contributed by atoms with E-state index < -0.39 is 0 Å². The Labute approximate surface area is 158 Å². The zero-order valence-corrected chi connectivity index (χ0v) is 15.4. The summed E-state index contributed by atoms with van der Waals surface area (Å²) in [6.45, 7) is 0. The molecule has 0 saturated carbocycles. The molecule has 1 aliphatic rings. The van der Waals surface area contributed by atoms with E-state index in [4.69, 9.17) is 9.47 Å². The summed E-state index contributed by atoms with van der Waals surface area (Å²) in [7, 11) is 3.19. The van der Waals surface area contributed by atoms with Crippen molar-refractivity contribution < 1.29 is 14.3 Å². The minimum Gasteiger partial charge on any atom is -0.493 e. The molecular formula is C23H21NO3. The second kappa shape index (κ2) is 7.16. The number of anilines is 1. The molecule has 0 saturated heterocycles. The van der Waals surface area contributed by atoms with Crippen molar-refractivity contribution in [1.82, 2.24) is 0 Å². The fourth-order valence-corrected chi connectivity index (χ4v) is 3.66. The lowest BCUT2D eigenvalue weighted by Gasteiger charge is -2.09. The Bertz CT molecular complexity index is 1040. The third-order valence-corrected chi connectivity index (χ3v) is 4.97. The summed E-state index contributed by atoms with van der Waals surface area (Å²) < 4.78 is 10.5. The highest BCUT2D eigenvalue weighted by molar-refractivity contribution is 6.09. The van der Waals surface area contributed by atoms with E-state index in [0.717, 1.165) is 29.5 Å². The van der Waals surface area contributed by atoms with Gasteiger partial charge in [0.25, 0.3) is 0 Å². The van der Waals surface area contributed by atoms with E-state index in [0.29, 0.717) is 11.5 Å². The first-order valence-corrected chi connectivity index (χ1v) is 8.94. The Morgan fingerprint density at radius 1 is 0.963 bits per heavy atom. The minimum atomic E-state index is -0.163. The Balaban J connectivity index is 1.55. The van der Waals surface area contributed by atoms with Crippen LogP contribution in [0.25, 0.3) is 16.8 Å². The number of aryl methyl sites for hydroxylation is 2. The maximum atomic E-state index is 12.4. The highest BCUT2D eigenvalue weighted by atomic mass is 16.5. The molecule has 4 heteroatoms. The monoisotopic (exact) mass is 359 g/mol. The van der Waals surface area contributed by atoms with Crippen molar-refractivity contribution in [2.24, 2.45) is 0 Å². The van der Waals surface area contributed by atoms with Crippen LogP contribution in [0.5, 0.6) is 11.5 Å². The van der Waals surface area contributed by atoms with E-state index in [1.54, 1.807) is 20.3 Å². The number of nitrogens with one attached hydrogen (secondary N) is 1. The zero-order chi connectivity index (χ0) is 18.8. The van der Waals surface area contributed by atoms with Gasteiger partial charge in [0.05, 0.1) is 14.2 Å². The minimum absolute atomic E-state index is 0.163. The molecule has 1 N–H and O–H groups in total. The number of benzene rings is 3. The topological polar surface area (TPSA) is 47.6 Å². The van der Waals surface area contributed by atoms with Gasteiger partial charge < -0.3 is 14.8 Å². The molecule has 1 aliphatic carbocycles. The number of methoxy groups -OCH3 is 2. The third kappa shape index (κ3) is 3.26. The molecule has 0 aliphatic heterocycles. The maximum absolute atomic E-state index is 12.4. The Hall–Kier alpha value is -3.27. The summed E-state index contributed by atoms with van der Waals surface area (Å²) in [4.78, 5) is 12.4. The number of ether oxygens (including phenoxy) is 2. The number of carbonyl (C=O) groups excluding carboxylic acids is 1. The lowest BCUT2D eigenvalue weighted by atomic mass is 10.0. The summed E-state index contributed by atoms with van der Waals surface area (Å²) >= 11 is 0. The van der Waals surface area contributed by atoms with Crippen molar-refractivity contribution in [3.63, 3.8) is 0 Å². The van der Waals surface area contributed by atoms with Gasteiger partial charge in [0.1, 0.15) is 0 Å². The van der Waals surface area contributed by atoms with Crippen molar-refractivity contribution in [3.8, 4) is 11.5 Å². The molecule has 0 spiro atoms. The lowest BCUT2D eigenvalue weighted by molar-refractivity contribution is -0.111. The van der Waals surface area contributed by atoms with Crippen molar-refractivity contribution in [3.05, 3.63) is 71.3 Å². The highest BCUT2D eigenvalue weighted by Crippen LogP contribution is 2.35. The standard InChI is InChI=1S/C23H21NO3/c1-26-20-12-6-15(14-21(20)27-2)7-13-22(25)24-19-11-10-17-9-8-16-4-3-5-18(19)23(16)17/h3-7,10-14H,8-9H2,1-2H3,(H,24,25)/b13-7+. The molecule has 4 rings (SSSR count). The van der Waals surface area contributed by atoms with Crippen LogP contribution in [-0.2, 0) is 17.6 Å². The Morgan fingerprint density at radius 3 is 2.52 bits per heavy atom. The lowest BCUT2D eigenvalue weighted by Crippen LogP contribution is -2.08. The van der Waals surface area contributed by atoms with Crippen molar-refractivity contribution in [2.75, 3.05) is 19.5 Å². The molecule has 0 aromatic heterocycles. The number of amides is 1. The molecule has 27 heavy (non-hydrogen) atoms. The first kappa shape index (κ1) is 17.2. The van der Waals surface area contributed by atoms with Crippen LogP contribution in [0, 0.1) is 0 Å². The second-order valence-electron chi connectivity index (χ2n) is 6.55. The number of hydrogen-bond acceptors (Lipinski definition) is 3. The van der Waals surface area contributed by atoms with Gasteiger partial charge in [-0.3, -0.25) is 4.79 Å². The van der Waals surface area contributed by atoms with Crippen LogP contribution in [0.1, 0.15) is 16.7 Å². The van der Waals surface area contributed by atoms with Crippen LogP contribution in [0.2, 0.25) is 0 Å². The summed E-state index contributed by atoms with van der Waals surface area (Å²) in [5.41, 5.74) is 4.43. The molecule has 0 atom stereocenters. The van der Waals surface area contributed by atoms with Crippen LogP contribution < -0.4 is 14.8 Å². The average Bonchev–Trinajstić information content (AvgIpc) is 3.13. The van der Waals surface area contributed by atoms with Gasteiger partial charge in [0, 0.05) is 17.1 Å². The van der Waals surface area contributed by atoms with Gasteiger partial charge in [-0.25, -0.2) is 0 Å². The molecule has 0 bridgehead atoms. The number of rotatable bonds is 5. The van der Waals surface area contributed by atoms with Crippen molar-refractivity contribution >= 4 is 28.4 Å². The normalized spacial score (nSPS) is 12.5. The SMILES string of the molecule is COc1ccc(/C=C/C(=O)Nc2ccc3c4c(cccc24)CC3)cc1OC. The van der Waals surface area contributed by atoms with E-state index in [-0.39, 0.29) is 5.91 Å². The van der Waals surface area contributed by atoms with Crippen LogP contribution in [0.4, 0.5) is 5.69 Å². The molecule has 3 aromatic rings. The maximum Gasteiger partial charge on any atom is 0.248 e. The third-order valence-electron chi connectivity index (χ3n) is 4.97. The van der Waals surface area contributed by atoms with Gasteiger partial charge in [-0.1, -0.05) is 30.3 Å². The summed E-state index contributed by atoms with van der Waals surface area (Å²) in [6, 6.07) is 15.9.